The van der Waals surface area contributed by atoms with Gasteiger partial charge in [-0.3, -0.25) is 14.9 Å². The number of nitro groups is 1. The summed E-state index contributed by atoms with van der Waals surface area (Å²) in [5.74, 6) is -0.859. The molecule has 4 rings (SSSR count). The summed E-state index contributed by atoms with van der Waals surface area (Å²) in [6.45, 7) is 0.170. The van der Waals surface area contributed by atoms with Crippen LogP contribution in [0, 0.1) is 21.4 Å². The number of fused-ring (bicyclic) bond motifs is 1. The van der Waals surface area contributed by atoms with Gasteiger partial charge in [-0.2, -0.15) is 5.26 Å². The first-order valence-electron chi connectivity index (χ1n) is 10.7. The molecule has 0 aromatic heterocycles. The van der Waals surface area contributed by atoms with Gasteiger partial charge in [-0.25, -0.2) is 0 Å². The number of phenolic OH excluding ortho intramolecular Hbond substituents is 1. The predicted molar refractivity (Wildman–Crippen MR) is 137 cm³/mol. The number of phenols is 1. The highest BCUT2D eigenvalue weighted by Gasteiger charge is 2.17. The number of non-ortho nitro benzene ring substituents is 1. The number of halogens is 1. The van der Waals surface area contributed by atoms with E-state index in [0.717, 1.165) is 28.5 Å². The van der Waals surface area contributed by atoms with Gasteiger partial charge in [0.2, 0.25) is 0 Å². The molecule has 0 spiro atoms. The van der Waals surface area contributed by atoms with Crippen LogP contribution in [0.3, 0.4) is 0 Å². The van der Waals surface area contributed by atoms with Crippen LogP contribution in [-0.2, 0) is 11.4 Å². The van der Waals surface area contributed by atoms with Gasteiger partial charge in [-0.1, -0.05) is 60.1 Å². The van der Waals surface area contributed by atoms with Crippen molar-refractivity contribution in [2.75, 3.05) is 5.32 Å². The Kier molecular flexibility index (Phi) is 7.14. The number of nitrogens with zero attached hydrogens (tertiary/aromatic N) is 2. The largest absolute Gasteiger partial charge is 0.506 e. The molecule has 36 heavy (non-hydrogen) atoms. The van der Waals surface area contributed by atoms with Gasteiger partial charge < -0.3 is 15.2 Å². The van der Waals surface area contributed by atoms with Crippen LogP contribution in [0.4, 0.5) is 11.4 Å². The average molecular weight is 500 g/mol. The summed E-state index contributed by atoms with van der Waals surface area (Å²) in [5, 5.41) is 35.3. The summed E-state index contributed by atoms with van der Waals surface area (Å²) in [4.78, 5) is 23.1. The van der Waals surface area contributed by atoms with Crippen LogP contribution in [0.5, 0.6) is 11.5 Å². The van der Waals surface area contributed by atoms with E-state index in [1.54, 1.807) is 12.1 Å². The first kappa shape index (κ1) is 24.3. The molecule has 0 saturated carbocycles. The Morgan fingerprint density at radius 3 is 2.58 bits per heavy atom. The lowest BCUT2D eigenvalue weighted by atomic mass is 10.0. The molecule has 1 amide bonds. The minimum Gasteiger partial charge on any atom is -0.506 e. The minimum absolute atomic E-state index is 0.0696. The molecule has 0 bridgehead atoms. The van der Waals surface area contributed by atoms with E-state index < -0.39 is 16.6 Å². The zero-order chi connectivity index (χ0) is 25.7. The van der Waals surface area contributed by atoms with E-state index in [1.807, 2.05) is 54.6 Å². The maximum Gasteiger partial charge on any atom is 0.273 e. The number of amides is 1. The Hall–Kier alpha value is -4.87. The van der Waals surface area contributed by atoms with Crippen LogP contribution < -0.4 is 10.1 Å². The van der Waals surface area contributed by atoms with Gasteiger partial charge in [-0.05, 0) is 35.0 Å². The van der Waals surface area contributed by atoms with Crippen molar-refractivity contribution in [1.82, 2.24) is 0 Å². The van der Waals surface area contributed by atoms with Gasteiger partial charge in [0.1, 0.15) is 29.7 Å². The molecule has 0 aliphatic heterocycles. The molecule has 178 valence electrons. The molecule has 0 fully saturated rings. The third kappa shape index (κ3) is 5.27. The number of ether oxygens (including phenoxy) is 1. The number of nitro benzene ring substituents is 1. The van der Waals surface area contributed by atoms with Crippen molar-refractivity contribution in [3.05, 3.63) is 111 Å². The van der Waals surface area contributed by atoms with Crippen molar-refractivity contribution in [3.8, 4) is 17.6 Å². The van der Waals surface area contributed by atoms with Crippen molar-refractivity contribution in [1.29, 1.82) is 5.26 Å². The Bertz CT molecular complexity index is 1560. The third-order valence-corrected chi connectivity index (χ3v) is 5.73. The highest BCUT2D eigenvalue weighted by molar-refractivity contribution is 6.31. The van der Waals surface area contributed by atoms with Gasteiger partial charge in [-0.15, -0.1) is 0 Å². The molecule has 4 aromatic rings. The van der Waals surface area contributed by atoms with Gasteiger partial charge >= 0.3 is 0 Å². The van der Waals surface area contributed by atoms with Gasteiger partial charge in [0.15, 0.2) is 0 Å². The average Bonchev–Trinajstić information content (AvgIpc) is 2.88. The van der Waals surface area contributed by atoms with Crippen molar-refractivity contribution in [2.24, 2.45) is 0 Å². The van der Waals surface area contributed by atoms with Gasteiger partial charge in [0.25, 0.3) is 11.6 Å². The molecule has 0 heterocycles. The van der Waals surface area contributed by atoms with Crippen LogP contribution >= 0.6 is 11.6 Å². The summed E-state index contributed by atoms with van der Waals surface area (Å²) in [5.41, 5.74) is 0.623. The normalized spacial score (nSPS) is 11.1. The molecule has 0 radical (unpaired) electrons. The monoisotopic (exact) mass is 499 g/mol. The molecule has 0 unspecified atom stereocenters. The number of aromatic hydroxyl groups is 1. The van der Waals surface area contributed by atoms with Crippen molar-refractivity contribution < 1.29 is 19.6 Å². The van der Waals surface area contributed by atoms with E-state index in [1.165, 1.54) is 12.1 Å². The summed E-state index contributed by atoms with van der Waals surface area (Å²) in [6, 6.07) is 23.4. The number of hydrogen-bond acceptors (Lipinski definition) is 6. The molecule has 2 N–H and O–H groups in total. The minimum atomic E-state index is -0.799. The quantitative estimate of drug-likeness (QED) is 0.102. The summed E-state index contributed by atoms with van der Waals surface area (Å²) < 4.78 is 6.04. The van der Waals surface area contributed by atoms with E-state index in [0.29, 0.717) is 16.3 Å². The van der Waals surface area contributed by atoms with Crippen LogP contribution in [0.1, 0.15) is 11.1 Å². The summed E-state index contributed by atoms with van der Waals surface area (Å²) in [6.07, 6.45) is 1.40. The van der Waals surface area contributed by atoms with Crippen LogP contribution in [0.25, 0.3) is 16.8 Å². The first-order valence-corrected chi connectivity index (χ1v) is 11.0. The topological polar surface area (TPSA) is 125 Å². The number of carbonyl (C=O) groups excluding carboxylic acids is 1. The maximum atomic E-state index is 12.9. The lowest BCUT2D eigenvalue weighted by molar-refractivity contribution is -0.384. The summed E-state index contributed by atoms with van der Waals surface area (Å²) in [7, 11) is 0. The number of nitrogens with one attached hydrogen (secondary N) is 1. The Morgan fingerprint density at radius 2 is 1.86 bits per heavy atom. The molecular weight excluding hydrogens is 482 g/mol. The number of nitriles is 1. The fourth-order valence-electron chi connectivity index (χ4n) is 3.54. The third-order valence-electron chi connectivity index (χ3n) is 5.37. The SMILES string of the molecule is N#C/C(=C\c1c(OCc2ccccc2Cl)ccc2ccccc12)C(=O)Nc1ccc([N+](=O)[O-])cc1O. The second kappa shape index (κ2) is 10.6. The van der Waals surface area contributed by atoms with Crippen LogP contribution in [0.15, 0.2) is 84.4 Å². The molecule has 0 aliphatic carbocycles. The fraction of sp³-hybridized carbons (Fsp3) is 0.0370. The van der Waals surface area contributed by atoms with Crippen molar-refractivity contribution in [3.63, 3.8) is 0 Å². The maximum absolute atomic E-state index is 12.9. The molecule has 0 aliphatic rings. The number of benzene rings is 4. The second-order valence-corrected chi connectivity index (χ2v) is 8.07. The Labute approximate surface area is 210 Å². The van der Waals surface area contributed by atoms with Gasteiger partial charge in [0.05, 0.1) is 16.7 Å². The van der Waals surface area contributed by atoms with Crippen LogP contribution in [0.2, 0.25) is 5.02 Å². The van der Waals surface area contributed by atoms with Crippen molar-refractivity contribution in [2.45, 2.75) is 6.61 Å². The van der Waals surface area contributed by atoms with Gasteiger partial charge in [0, 0.05) is 22.2 Å². The zero-order valence-corrected chi connectivity index (χ0v) is 19.4. The lowest BCUT2D eigenvalue weighted by Gasteiger charge is -2.13. The standard InChI is InChI=1S/C27H18ClN3O5/c28-23-8-4-2-6-18(23)16-36-26-12-9-17-5-1-3-7-21(17)22(26)13-19(15-29)27(33)30-24-11-10-20(31(34)35)14-25(24)32/h1-14,32H,16H2,(H,30,33)/b19-13+. The molecular formula is C27H18ClN3O5. The second-order valence-electron chi connectivity index (χ2n) is 7.66. The predicted octanol–water partition coefficient (Wildman–Crippen LogP) is 6.23. The van der Waals surface area contributed by atoms with Crippen molar-refractivity contribution >= 4 is 45.7 Å². The fourth-order valence-corrected chi connectivity index (χ4v) is 3.73. The first-order chi connectivity index (χ1) is 17.4. The van der Waals surface area contributed by atoms with E-state index in [9.17, 15) is 25.3 Å². The van der Waals surface area contributed by atoms with E-state index in [4.69, 9.17) is 16.3 Å². The van der Waals surface area contributed by atoms with E-state index >= 15 is 0 Å². The number of carbonyl (C=O) groups is 1. The highest BCUT2D eigenvalue weighted by Crippen LogP contribution is 2.32. The smallest absolute Gasteiger partial charge is 0.273 e. The highest BCUT2D eigenvalue weighted by atomic mass is 35.5. The molecule has 9 heteroatoms. The number of anilines is 1. The molecule has 8 nitrogen and oxygen atoms in total. The van der Waals surface area contributed by atoms with E-state index in [-0.39, 0.29) is 23.6 Å². The van der Waals surface area contributed by atoms with Crippen LogP contribution in [-0.4, -0.2) is 15.9 Å². The molecule has 4 aromatic carbocycles. The Balaban J connectivity index is 1.69. The van der Waals surface area contributed by atoms with E-state index in [2.05, 4.69) is 5.32 Å². The number of rotatable bonds is 7. The number of hydrogen-bond donors (Lipinski definition) is 2. The summed E-state index contributed by atoms with van der Waals surface area (Å²) >= 11 is 6.24. The molecule has 0 atom stereocenters. The lowest BCUT2D eigenvalue weighted by Crippen LogP contribution is -2.13. The zero-order valence-electron chi connectivity index (χ0n) is 18.6. The Morgan fingerprint density at radius 1 is 1.11 bits per heavy atom. The molecule has 0 saturated heterocycles.